The number of aliphatic hydroxyl groups is 1. The summed E-state index contributed by atoms with van der Waals surface area (Å²) >= 11 is 0. The van der Waals surface area contributed by atoms with Crippen molar-refractivity contribution < 1.29 is 50.5 Å². The quantitative estimate of drug-likeness (QED) is 0.262. The van der Waals surface area contributed by atoms with E-state index >= 15 is 4.79 Å². The van der Waals surface area contributed by atoms with Gasteiger partial charge in [0.15, 0.2) is 11.3 Å². The van der Waals surface area contributed by atoms with Gasteiger partial charge >= 0.3 is 6.36 Å². The summed E-state index contributed by atoms with van der Waals surface area (Å²) in [6.07, 6.45) is -3.44. The summed E-state index contributed by atoms with van der Waals surface area (Å²) in [5.41, 5.74) is -0.330. The second kappa shape index (κ2) is 13.4. The number of fused-ring (bicyclic) bond motifs is 1. The minimum Gasteiger partial charge on any atom is -0.497 e. The van der Waals surface area contributed by atoms with Gasteiger partial charge in [0, 0.05) is 50.2 Å². The van der Waals surface area contributed by atoms with Crippen LogP contribution >= 0.6 is 0 Å². The molecule has 0 radical (unpaired) electrons. The first-order valence-corrected chi connectivity index (χ1v) is 17.4. The van der Waals surface area contributed by atoms with Gasteiger partial charge in [0.2, 0.25) is 5.91 Å². The molecular weight excluding hydrogens is 705 g/mol. The summed E-state index contributed by atoms with van der Waals surface area (Å²) in [5, 5.41) is 11.1. The maximum Gasteiger partial charge on any atom is 0.573 e. The zero-order valence-corrected chi connectivity index (χ0v) is 29.5. The maximum absolute atomic E-state index is 15.6. The average Bonchev–Trinajstić information content (AvgIpc) is 3.61. The molecule has 1 N–H and O–H groups in total. The number of alkyl halides is 3. The second-order valence-corrected chi connectivity index (χ2v) is 14.4. The number of hydrogen-bond acceptors (Lipinski definition) is 10. The Morgan fingerprint density at radius 1 is 0.942 bits per heavy atom. The molecule has 2 aliphatic rings. The van der Waals surface area contributed by atoms with Gasteiger partial charge in [0.1, 0.15) is 16.4 Å². The Balaban J connectivity index is 1.73. The molecule has 3 aromatic carbocycles. The van der Waals surface area contributed by atoms with Crippen molar-refractivity contribution in [3.63, 3.8) is 0 Å². The monoisotopic (exact) mass is 740 g/mol. The van der Waals surface area contributed by atoms with Crippen LogP contribution in [0.2, 0.25) is 0 Å². The van der Waals surface area contributed by atoms with Crippen LogP contribution in [-0.2, 0) is 25.2 Å². The highest BCUT2D eigenvalue weighted by Crippen LogP contribution is 2.56. The van der Waals surface area contributed by atoms with Crippen LogP contribution in [0.3, 0.4) is 0 Å². The van der Waals surface area contributed by atoms with Crippen LogP contribution in [0.5, 0.6) is 17.2 Å². The Morgan fingerprint density at radius 3 is 2.29 bits per heavy atom. The number of amides is 2. The van der Waals surface area contributed by atoms with Crippen molar-refractivity contribution in [1.29, 1.82) is 0 Å². The zero-order chi connectivity index (χ0) is 37.7. The minimum atomic E-state index is -5.31. The van der Waals surface area contributed by atoms with Gasteiger partial charge in [-0.15, -0.1) is 13.2 Å². The molecule has 274 valence electrons. The number of ether oxygens (including phenoxy) is 3. The molecule has 1 unspecified atom stereocenters. The van der Waals surface area contributed by atoms with E-state index in [0.29, 0.717) is 21.0 Å². The molecule has 3 heterocycles. The Labute approximate surface area is 298 Å². The predicted octanol–water partition coefficient (Wildman–Crippen LogP) is 4.48. The molecule has 0 aliphatic carbocycles. The molecule has 1 saturated heterocycles. The minimum absolute atomic E-state index is 0.0803. The van der Waals surface area contributed by atoms with Crippen LogP contribution in [0.15, 0.2) is 84.0 Å². The fourth-order valence-electron chi connectivity index (χ4n) is 6.98. The van der Waals surface area contributed by atoms with Crippen LogP contribution in [0, 0.1) is 6.92 Å². The smallest absolute Gasteiger partial charge is 0.497 e. The van der Waals surface area contributed by atoms with Crippen LogP contribution in [-0.4, -0.2) is 93.5 Å². The number of benzene rings is 3. The lowest BCUT2D eigenvalue weighted by molar-refractivity contribution is -0.275. The first kappa shape index (κ1) is 36.6. The number of likely N-dealkylation sites (tertiary alicyclic amines) is 1. The topological polar surface area (TPSA) is 139 Å². The Bertz CT molecular complexity index is 2150. The number of carbonyl (C=O) groups excluding carboxylic acids is 2. The molecule has 1 aromatic heterocycles. The van der Waals surface area contributed by atoms with Gasteiger partial charge in [0.25, 0.3) is 15.9 Å². The highest BCUT2D eigenvalue weighted by atomic mass is 32.2. The normalized spacial score (nSPS) is 20.5. The summed E-state index contributed by atoms with van der Waals surface area (Å²) in [7, 11) is 0.329. The van der Waals surface area contributed by atoms with Gasteiger partial charge in [-0.05, 0) is 73.0 Å². The van der Waals surface area contributed by atoms with Gasteiger partial charge in [-0.25, -0.2) is 12.7 Å². The standard InChI is InChI=1S/C36H35F3N4O8S/c1-21-6-10-30(50-5)27(16-21)35(42-20-24(44)18-29(42)33(45)41(2)3)26-17-23(22-12-14-40-15-13-22)7-9-28(26)43(34(35)46)52(47,48)32-11-8-25(49-4)19-31(32)51-36(37,38)39/h6-17,19,24,29,44H,18,20H2,1-5H3/t24-,29+,35?/m1/s1. The second-order valence-electron chi connectivity index (χ2n) is 12.6. The third kappa shape index (κ3) is 6.09. The largest absolute Gasteiger partial charge is 0.573 e. The summed E-state index contributed by atoms with van der Waals surface area (Å²) in [6, 6.07) is 14.5. The molecule has 52 heavy (non-hydrogen) atoms. The number of aromatic nitrogens is 1. The summed E-state index contributed by atoms with van der Waals surface area (Å²) in [6.45, 7) is 1.49. The van der Waals surface area contributed by atoms with Crippen LogP contribution in [0.1, 0.15) is 23.1 Å². The number of pyridine rings is 1. The van der Waals surface area contributed by atoms with Crippen molar-refractivity contribution >= 4 is 27.5 Å². The molecule has 1 fully saturated rings. The molecule has 2 aliphatic heterocycles. The third-order valence-electron chi connectivity index (χ3n) is 9.19. The highest BCUT2D eigenvalue weighted by molar-refractivity contribution is 7.93. The molecule has 3 atom stereocenters. The molecule has 2 amide bonds. The van der Waals surface area contributed by atoms with Gasteiger partial charge in [-0.2, -0.15) is 0 Å². The lowest BCUT2D eigenvalue weighted by Gasteiger charge is -2.42. The molecule has 12 nitrogen and oxygen atoms in total. The van der Waals surface area contributed by atoms with Crippen molar-refractivity contribution in [2.24, 2.45) is 0 Å². The highest BCUT2D eigenvalue weighted by Gasteiger charge is 2.64. The molecule has 0 bridgehead atoms. The van der Waals surface area contributed by atoms with Crippen molar-refractivity contribution in [2.45, 2.75) is 42.3 Å². The summed E-state index contributed by atoms with van der Waals surface area (Å²) in [5.74, 6) is -2.72. The zero-order valence-electron chi connectivity index (χ0n) is 28.7. The van der Waals surface area contributed by atoms with Crippen LogP contribution < -0.4 is 18.5 Å². The fraction of sp³-hybridized carbons (Fsp3) is 0.306. The average molecular weight is 741 g/mol. The molecule has 6 rings (SSSR count). The van der Waals surface area contributed by atoms with Crippen molar-refractivity contribution in [3.05, 3.63) is 95.8 Å². The van der Waals surface area contributed by atoms with E-state index in [9.17, 15) is 31.5 Å². The number of anilines is 1. The van der Waals surface area contributed by atoms with Gasteiger partial charge in [0.05, 0.1) is 32.1 Å². The number of sulfonamides is 1. The van der Waals surface area contributed by atoms with E-state index in [2.05, 4.69) is 9.72 Å². The SMILES string of the molecule is COc1ccc(S(=O)(=O)N2C(=O)C(c3cc(C)ccc3OC)(N3C[C@H](O)C[C@H]3C(=O)N(C)C)c3cc(-c4ccncc4)ccc32)c(OC(F)(F)F)c1. The van der Waals surface area contributed by atoms with Crippen LogP contribution in [0.25, 0.3) is 11.1 Å². The number of aliphatic hydroxyl groups excluding tert-OH is 1. The van der Waals surface area contributed by atoms with E-state index in [1.807, 2.05) is 0 Å². The Hall–Kier alpha value is -5.19. The number of methoxy groups -OCH3 is 2. The number of likely N-dealkylation sites (N-methyl/N-ethyl adjacent to an activating group) is 1. The number of β-amino-alcohol motifs (C(OH)–C–C–N with tert-alkyl or cyclic N) is 1. The maximum atomic E-state index is 15.6. The number of hydrogen-bond donors (Lipinski definition) is 1. The van der Waals surface area contributed by atoms with Crippen LogP contribution in [0.4, 0.5) is 18.9 Å². The first-order chi connectivity index (χ1) is 24.5. The van der Waals surface area contributed by atoms with E-state index in [1.54, 1.807) is 61.8 Å². The van der Waals surface area contributed by atoms with Crippen molar-refractivity contribution in [1.82, 2.24) is 14.8 Å². The van der Waals surface area contributed by atoms with E-state index in [1.165, 1.54) is 44.2 Å². The number of carbonyl (C=O) groups is 2. The van der Waals surface area contributed by atoms with E-state index in [0.717, 1.165) is 18.2 Å². The fourth-order valence-corrected chi connectivity index (χ4v) is 8.54. The van der Waals surface area contributed by atoms with Gasteiger partial charge in [-0.1, -0.05) is 17.7 Å². The molecule has 0 saturated carbocycles. The summed E-state index contributed by atoms with van der Waals surface area (Å²) in [4.78, 5) is 35.3. The lowest BCUT2D eigenvalue weighted by Crippen LogP contribution is -2.59. The summed E-state index contributed by atoms with van der Waals surface area (Å²) < 4.78 is 86.3. The predicted molar refractivity (Wildman–Crippen MR) is 182 cm³/mol. The molecule has 0 spiro atoms. The Morgan fingerprint density at radius 2 is 1.65 bits per heavy atom. The number of aryl methyl sites for hydroxylation is 1. The number of nitrogens with zero attached hydrogens (tertiary/aromatic N) is 4. The first-order valence-electron chi connectivity index (χ1n) is 15.9. The Kier molecular flexibility index (Phi) is 9.44. The van der Waals surface area contributed by atoms with Gasteiger partial charge in [-0.3, -0.25) is 19.5 Å². The molecule has 16 heteroatoms. The molecule has 4 aromatic rings. The van der Waals surface area contributed by atoms with Crippen molar-refractivity contribution in [2.75, 3.05) is 39.2 Å². The van der Waals surface area contributed by atoms with E-state index in [4.69, 9.17) is 9.47 Å². The lowest BCUT2D eigenvalue weighted by atomic mass is 9.79. The number of rotatable bonds is 9. The van der Waals surface area contributed by atoms with E-state index < -0.39 is 56.5 Å². The van der Waals surface area contributed by atoms with Crippen molar-refractivity contribution in [3.8, 4) is 28.4 Å². The molecular formula is C36H35F3N4O8S. The van der Waals surface area contributed by atoms with Gasteiger partial charge < -0.3 is 24.2 Å². The number of halogens is 3. The third-order valence-corrected chi connectivity index (χ3v) is 10.9. The van der Waals surface area contributed by atoms with E-state index in [-0.39, 0.29) is 41.3 Å².